The van der Waals surface area contributed by atoms with Crippen molar-refractivity contribution in [1.82, 2.24) is 14.5 Å². The minimum absolute atomic E-state index is 0.395. The molecule has 1 aromatic carbocycles. The predicted molar refractivity (Wildman–Crippen MR) is 76.8 cm³/mol. The van der Waals surface area contributed by atoms with Gasteiger partial charge in [0.25, 0.3) is 0 Å². The highest BCUT2D eigenvalue weighted by molar-refractivity contribution is 6.02. The highest BCUT2D eigenvalue weighted by Crippen LogP contribution is 2.47. The average Bonchev–Trinajstić information content (AvgIpc) is 3.05. The third-order valence-corrected chi connectivity index (χ3v) is 4.15. The SMILES string of the molecule is CC1(Cn2c(N)nc3cnc4ccccc4c32)CC1. The minimum atomic E-state index is 0.395. The molecule has 2 N–H and O–H groups in total. The Labute approximate surface area is 111 Å². The molecule has 2 heterocycles. The van der Waals surface area contributed by atoms with Crippen LogP contribution in [0.2, 0.25) is 0 Å². The van der Waals surface area contributed by atoms with Crippen molar-refractivity contribution in [3.8, 4) is 0 Å². The number of para-hydroxylation sites is 1. The first kappa shape index (κ1) is 10.8. The van der Waals surface area contributed by atoms with Gasteiger partial charge >= 0.3 is 0 Å². The Morgan fingerprint density at radius 3 is 2.84 bits per heavy atom. The van der Waals surface area contributed by atoms with Crippen molar-refractivity contribution in [3.05, 3.63) is 30.5 Å². The molecule has 19 heavy (non-hydrogen) atoms. The lowest BCUT2D eigenvalue weighted by Gasteiger charge is -2.12. The monoisotopic (exact) mass is 252 g/mol. The normalized spacial score (nSPS) is 17.1. The van der Waals surface area contributed by atoms with Gasteiger partial charge in [-0.3, -0.25) is 4.98 Å². The molecule has 4 rings (SSSR count). The van der Waals surface area contributed by atoms with Crippen molar-refractivity contribution in [1.29, 1.82) is 0 Å². The average molecular weight is 252 g/mol. The van der Waals surface area contributed by atoms with Gasteiger partial charge in [0.15, 0.2) is 0 Å². The van der Waals surface area contributed by atoms with Crippen LogP contribution < -0.4 is 5.73 Å². The largest absolute Gasteiger partial charge is 0.369 e. The first-order valence-electron chi connectivity index (χ1n) is 6.66. The lowest BCUT2D eigenvalue weighted by molar-refractivity contribution is 0.477. The van der Waals surface area contributed by atoms with E-state index in [2.05, 4.69) is 27.5 Å². The molecule has 2 aromatic heterocycles. The molecule has 0 radical (unpaired) electrons. The zero-order chi connectivity index (χ0) is 13.0. The summed E-state index contributed by atoms with van der Waals surface area (Å²) < 4.78 is 2.16. The second-order valence-electron chi connectivity index (χ2n) is 5.88. The number of nitrogens with zero attached hydrogens (tertiary/aromatic N) is 3. The second-order valence-corrected chi connectivity index (χ2v) is 5.88. The molecule has 1 saturated carbocycles. The number of rotatable bonds is 2. The first-order valence-corrected chi connectivity index (χ1v) is 6.66. The molecule has 0 saturated heterocycles. The van der Waals surface area contributed by atoms with Crippen molar-refractivity contribution in [2.75, 3.05) is 5.73 Å². The number of imidazole rings is 1. The van der Waals surface area contributed by atoms with E-state index < -0.39 is 0 Å². The number of benzene rings is 1. The number of pyridine rings is 1. The fourth-order valence-electron chi connectivity index (χ4n) is 2.69. The number of hydrogen-bond acceptors (Lipinski definition) is 3. The van der Waals surface area contributed by atoms with E-state index in [0.717, 1.165) is 28.5 Å². The van der Waals surface area contributed by atoms with E-state index >= 15 is 0 Å². The molecular weight excluding hydrogens is 236 g/mol. The molecule has 4 heteroatoms. The van der Waals surface area contributed by atoms with Crippen LogP contribution in [0.4, 0.5) is 5.95 Å². The summed E-state index contributed by atoms with van der Waals surface area (Å²) >= 11 is 0. The topological polar surface area (TPSA) is 56.7 Å². The molecule has 0 spiro atoms. The van der Waals surface area contributed by atoms with E-state index in [9.17, 15) is 0 Å². The number of nitrogen functional groups attached to an aromatic ring is 1. The Morgan fingerprint density at radius 1 is 1.26 bits per heavy atom. The van der Waals surface area contributed by atoms with Gasteiger partial charge < -0.3 is 10.3 Å². The molecule has 1 aliphatic rings. The van der Waals surface area contributed by atoms with Gasteiger partial charge in [0.05, 0.1) is 17.2 Å². The van der Waals surface area contributed by atoms with Crippen LogP contribution in [0.25, 0.3) is 21.9 Å². The lowest BCUT2D eigenvalue weighted by atomic mass is 10.1. The molecule has 3 aromatic rings. The molecule has 1 aliphatic carbocycles. The fraction of sp³-hybridized carbons (Fsp3) is 0.333. The quantitative estimate of drug-likeness (QED) is 0.762. The van der Waals surface area contributed by atoms with E-state index in [-0.39, 0.29) is 0 Å². The summed E-state index contributed by atoms with van der Waals surface area (Å²) in [5.41, 5.74) is 9.51. The van der Waals surface area contributed by atoms with Crippen LogP contribution in [0.5, 0.6) is 0 Å². The van der Waals surface area contributed by atoms with E-state index in [1.807, 2.05) is 24.4 Å². The summed E-state index contributed by atoms with van der Waals surface area (Å²) in [6, 6.07) is 8.17. The highest BCUT2D eigenvalue weighted by Gasteiger charge is 2.38. The summed E-state index contributed by atoms with van der Waals surface area (Å²) in [5.74, 6) is 0.598. The molecule has 0 unspecified atom stereocenters. The third kappa shape index (κ3) is 1.59. The van der Waals surface area contributed by atoms with Crippen LogP contribution in [0, 0.1) is 5.41 Å². The van der Waals surface area contributed by atoms with E-state index in [1.165, 1.54) is 12.8 Å². The van der Waals surface area contributed by atoms with Crippen molar-refractivity contribution in [2.45, 2.75) is 26.3 Å². The van der Waals surface area contributed by atoms with Gasteiger partial charge in [-0.15, -0.1) is 0 Å². The Bertz CT molecular complexity index is 783. The maximum atomic E-state index is 6.10. The van der Waals surface area contributed by atoms with Crippen molar-refractivity contribution >= 4 is 27.9 Å². The van der Waals surface area contributed by atoms with Gasteiger partial charge in [-0.25, -0.2) is 4.98 Å². The maximum Gasteiger partial charge on any atom is 0.201 e. The molecular formula is C15H16N4. The van der Waals surface area contributed by atoms with Crippen LogP contribution in [0.15, 0.2) is 30.5 Å². The number of fused-ring (bicyclic) bond motifs is 3. The minimum Gasteiger partial charge on any atom is -0.369 e. The lowest BCUT2D eigenvalue weighted by Crippen LogP contribution is -2.10. The molecule has 0 amide bonds. The number of nitrogens with two attached hydrogens (primary N) is 1. The summed E-state index contributed by atoms with van der Waals surface area (Å²) in [5, 5.41) is 1.13. The first-order chi connectivity index (χ1) is 9.16. The Hall–Kier alpha value is -2.10. The van der Waals surface area contributed by atoms with Gasteiger partial charge in [-0.05, 0) is 24.3 Å². The van der Waals surface area contributed by atoms with E-state index in [4.69, 9.17) is 5.73 Å². The number of aromatic nitrogens is 3. The summed E-state index contributed by atoms with van der Waals surface area (Å²) in [7, 11) is 0. The van der Waals surface area contributed by atoms with Gasteiger partial charge in [0.1, 0.15) is 5.52 Å². The molecule has 0 atom stereocenters. The van der Waals surface area contributed by atoms with E-state index in [0.29, 0.717) is 11.4 Å². The molecule has 96 valence electrons. The Balaban J connectivity index is 2.04. The molecule has 1 fully saturated rings. The van der Waals surface area contributed by atoms with Crippen LogP contribution in [-0.4, -0.2) is 14.5 Å². The van der Waals surface area contributed by atoms with Crippen LogP contribution in [0.1, 0.15) is 19.8 Å². The van der Waals surface area contributed by atoms with E-state index in [1.54, 1.807) is 0 Å². The summed E-state index contributed by atoms with van der Waals surface area (Å²) in [6.07, 6.45) is 4.37. The fourth-order valence-corrected chi connectivity index (χ4v) is 2.69. The van der Waals surface area contributed by atoms with Gasteiger partial charge in [-0.2, -0.15) is 0 Å². The van der Waals surface area contributed by atoms with Crippen molar-refractivity contribution < 1.29 is 0 Å². The second kappa shape index (κ2) is 3.47. The number of hydrogen-bond donors (Lipinski definition) is 1. The van der Waals surface area contributed by atoms with Crippen LogP contribution >= 0.6 is 0 Å². The van der Waals surface area contributed by atoms with Gasteiger partial charge in [0, 0.05) is 11.9 Å². The number of anilines is 1. The zero-order valence-corrected chi connectivity index (χ0v) is 10.9. The molecule has 4 nitrogen and oxygen atoms in total. The van der Waals surface area contributed by atoms with Crippen LogP contribution in [0.3, 0.4) is 0 Å². The summed E-state index contributed by atoms with van der Waals surface area (Å²) in [6.45, 7) is 3.25. The predicted octanol–water partition coefficient (Wildman–Crippen LogP) is 2.97. The third-order valence-electron chi connectivity index (χ3n) is 4.15. The standard InChI is InChI=1S/C15H16N4/c1-15(6-7-15)9-19-13-10-4-2-3-5-11(10)17-8-12(13)18-14(19)16/h2-5,8H,6-7,9H2,1H3,(H2,16,18). The van der Waals surface area contributed by atoms with Gasteiger partial charge in [-0.1, -0.05) is 25.1 Å². The van der Waals surface area contributed by atoms with Gasteiger partial charge in [0.2, 0.25) is 5.95 Å². The molecule has 0 bridgehead atoms. The van der Waals surface area contributed by atoms with Crippen LogP contribution in [-0.2, 0) is 6.54 Å². The summed E-state index contributed by atoms with van der Waals surface area (Å²) in [4.78, 5) is 8.90. The Kier molecular flexibility index (Phi) is 1.97. The molecule has 0 aliphatic heterocycles. The smallest absolute Gasteiger partial charge is 0.201 e. The maximum absolute atomic E-state index is 6.10. The highest BCUT2D eigenvalue weighted by atomic mass is 15.2. The van der Waals surface area contributed by atoms with Crippen molar-refractivity contribution in [2.24, 2.45) is 5.41 Å². The zero-order valence-electron chi connectivity index (χ0n) is 10.9. The Morgan fingerprint density at radius 2 is 2.05 bits per heavy atom. The van der Waals surface area contributed by atoms with Crippen molar-refractivity contribution in [3.63, 3.8) is 0 Å².